The maximum atomic E-state index is 14.2. The number of carbonyl (C=O) groups excluding carboxylic acids is 10. The average molecular weight is 1260 g/mol. The number of pyridine rings is 2. The standard InChI is InChI=1S/C34H40N2O6.C26H38N2O7.C12H11NO2/c1-4-41-32(40)34-16-23(34)13-9-7-5-6-8-12-21(2)31(39)36-20-33(17-26(36)27(37)19-34)18-28(38)29-24-14-10-11-15-25(24)35-22(3)30(29)42-33;1-6-34-23(32)26-15-18(26)13-11-9-7-8-10-12-17(2)21(30)27-16-19(29)14-20(27)22(31)28(26)24(33)35-25(3,4)5;1-7-12(15)11(8(2)14)9-5-3-4-6-10(9)13-7/h9-11,13-15,21,23,26H,4-8,12,16-20H2,1-3H3;11,13,17-18,20H,6-10,12,14-16H2,1-5H3;3-6,15H,1-2H3/b13-9-;13-11-;/t21-,23+,26-,33-,34+;17-,18+,20-,26+;/m00./s1. The minimum Gasteiger partial charge on any atom is -0.505 e. The number of para-hydroxylation sites is 2. The first-order valence-electron chi connectivity index (χ1n) is 32.8. The quantitative estimate of drug-likeness (QED) is 0.0842. The molecule has 0 bridgehead atoms. The molecule has 1 N–H and O–H groups in total. The lowest BCUT2D eigenvalue weighted by atomic mass is 9.84. The van der Waals surface area contributed by atoms with Gasteiger partial charge in [0.25, 0.3) is 5.91 Å². The summed E-state index contributed by atoms with van der Waals surface area (Å²) in [6.45, 7) is 17.4. The molecule has 0 unspecified atom stereocenters. The van der Waals surface area contributed by atoms with E-state index in [9.17, 15) is 53.1 Å². The summed E-state index contributed by atoms with van der Waals surface area (Å²) in [5.74, 6) is -3.49. The minimum atomic E-state index is -1.56. The average Bonchev–Trinajstić information content (AvgIpc) is 1.54. The number of allylic oxidation sites excluding steroid dienone is 3. The Bertz CT molecular complexity index is 3640. The minimum absolute atomic E-state index is 0.00943. The lowest BCUT2D eigenvalue weighted by Crippen LogP contribution is -2.59. The Hall–Kier alpha value is -8.16. The van der Waals surface area contributed by atoms with Gasteiger partial charge < -0.3 is 33.9 Å². The first-order chi connectivity index (χ1) is 43.7. The Balaban J connectivity index is 0.000000180. The number of aromatic hydroxyl groups is 1. The van der Waals surface area contributed by atoms with E-state index in [2.05, 4.69) is 17.1 Å². The van der Waals surface area contributed by atoms with E-state index in [-0.39, 0.29) is 123 Å². The van der Waals surface area contributed by atoms with E-state index in [0.717, 1.165) is 79.1 Å². The fraction of sp³-hybridized carbons (Fsp3) is 0.556. The van der Waals surface area contributed by atoms with Gasteiger partial charge in [0, 0.05) is 47.8 Å². The number of carbonyl (C=O) groups is 10. The van der Waals surface area contributed by atoms with Crippen molar-refractivity contribution >= 4 is 80.7 Å². The molecule has 20 heteroatoms. The molecule has 492 valence electrons. The van der Waals surface area contributed by atoms with Gasteiger partial charge in [-0.05, 0) is 125 Å². The summed E-state index contributed by atoms with van der Waals surface area (Å²) >= 11 is 0. The van der Waals surface area contributed by atoms with Crippen LogP contribution >= 0.6 is 0 Å². The Kier molecular flexibility index (Phi) is 20.7. The number of fused-ring (bicyclic) bond motifs is 8. The molecule has 92 heavy (non-hydrogen) atoms. The van der Waals surface area contributed by atoms with Crippen LogP contribution in [0.2, 0.25) is 0 Å². The van der Waals surface area contributed by atoms with Crippen LogP contribution in [0.4, 0.5) is 4.79 Å². The van der Waals surface area contributed by atoms with E-state index < -0.39 is 58.1 Å². The van der Waals surface area contributed by atoms with Crippen molar-refractivity contribution in [1.82, 2.24) is 24.7 Å². The van der Waals surface area contributed by atoms with Crippen LogP contribution in [0.15, 0.2) is 72.8 Å². The molecule has 20 nitrogen and oxygen atoms in total. The first kappa shape index (κ1) is 68.2. The van der Waals surface area contributed by atoms with Crippen LogP contribution in [-0.4, -0.2) is 144 Å². The summed E-state index contributed by atoms with van der Waals surface area (Å²) in [6, 6.07) is 12.9. The topological polar surface area (TPSA) is 263 Å². The molecule has 2 aromatic carbocycles. The summed E-state index contributed by atoms with van der Waals surface area (Å²) in [5.41, 5.74) is -0.964. The predicted molar refractivity (Wildman–Crippen MR) is 342 cm³/mol. The molecule has 2 saturated carbocycles. The molecule has 5 aliphatic heterocycles. The maximum absolute atomic E-state index is 14.2. The number of amides is 4. The van der Waals surface area contributed by atoms with Gasteiger partial charge in [0.15, 0.2) is 34.4 Å². The Morgan fingerprint density at radius 3 is 1.88 bits per heavy atom. The zero-order valence-electron chi connectivity index (χ0n) is 54.9. The van der Waals surface area contributed by atoms with Crippen molar-refractivity contribution < 1.29 is 72.0 Å². The predicted octanol–water partition coefficient (Wildman–Crippen LogP) is 11.4. The SMILES string of the molecule is CC(=O)c1c(O)c(C)nc2ccccc12.CCOC(=O)[C@@]12C[C@H]1/C=C\CCCCC[C@H](C)C(=O)N1CC(=O)C[C@H]1C(=O)N2C(=O)OC(C)(C)C.CCOC(=O)[C@]12CC(=O)[C@@H]3C[C@]4(CC(=O)c5c(c(C)nc6ccccc56)O4)CN3C(=O)[C@@H](C)CCCCC/C=C\[C@@H]1C2. The van der Waals surface area contributed by atoms with Gasteiger partial charge in [0.2, 0.25) is 11.8 Å². The van der Waals surface area contributed by atoms with E-state index in [1.165, 1.54) is 11.8 Å². The number of hydrogen-bond donors (Lipinski definition) is 1. The van der Waals surface area contributed by atoms with Gasteiger partial charge in [0.1, 0.15) is 23.0 Å². The molecular weight excluding hydrogens is 1170 g/mol. The molecular formula is C72H89N5O15. The van der Waals surface area contributed by atoms with Gasteiger partial charge >= 0.3 is 18.0 Å². The monoisotopic (exact) mass is 1260 g/mol. The highest BCUT2D eigenvalue weighted by Crippen LogP contribution is 2.58. The number of nitrogens with zero attached hydrogens (tertiary/aromatic N) is 5. The number of ketones is 4. The molecule has 4 amide bonds. The van der Waals surface area contributed by atoms with Crippen LogP contribution in [0.5, 0.6) is 11.5 Å². The number of hydrogen-bond acceptors (Lipinski definition) is 17. The highest BCUT2D eigenvalue weighted by atomic mass is 16.6. The molecule has 9 atom stereocenters. The molecule has 2 aliphatic carbocycles. The third kappa shape index (κ3) is 14.2. The zero-order valence-corrected chi connectivity index (χ0v) is 54.9. The number of Topliss-reactive ketones (excluding diaryl/α,β-unsaturated/α-hetero) is 4. The molecule has 1 spiro atoms. The van der Waals surface area contributed by atoms with Crippen LogP contribution in [0.1, 0.15) is 190 Å². The van der Waals surface area contributed by atoms with Gasteiger partial charge in [-0.15, -0.1) is 0 Å². The number of benzene rings is 2. The lowest BCUT2D eigenvalue weighted by molar-refractivity contribution is -0.159. The molecule has 7 heterocycles. The van der Waals surface area contributed by atoms with Crippen LogP contribution in [-0.2, 0) is 47.8 Å². The van der Waals surface area contributed by atoms with Crippen LogP contribution in [0, 0.1) is 42.9 Å². The molecule has 2 saturated heterocycles. The fourth-order valence-corrected chi connectivity index (χ4v) is 14.0. The lowest BCUT2D eigenvalue weighted by Gasteiger charge is -2.35. The van der Waals surface area contributed by atoms with E-state index in [4.69, 9.17) is 23.9 Å². The highest BCUT2D eigenvalue weighted by molar-refractivity contribution is 6.12. The van der Waals surface area contributed by atoms with E-state index in [1.54, 1.807) is 59.4 Å². The van der Waals surface area contributed by atoms with Crippen molar-refractivity contribution in [3.8, 4) is 11.5 Å². The number of imide groups is 1. The number of aromatic nitrogens is 2. The number of rotatable bonds is 5. The third-order valence-corrected chi connectivity index (χ3v) is 19.0. The largest absolute Gasteiger partial charge is 0.505 e. The van der Waals surface area contributed by atoms with Crippen molar-refractivity contribution in [2.45, 2.75) is 201 Å². The van der Waals surface area contributed by atoms with E-state index in [1.807, 2.05) is 68.5 Å². The fourth-order valence-electron chi connectivity index (χ4n) is 14.0. The second-order valence-electron chi connectivity index (χ2n) is 27.1. The number of aryl methyl sites for hydroxylation is 2. The summed E-state index contributed by atoms with van der Waals surface area (Å²) in [5, 5.41) is 11.2. The highest BCUT2D eigenvalue weighted by Gasteiger charge is 2.69. The second kappa shape index (κ2) is 28.0. The molecule has 4 aromatic rings. The van der Waals surface area contributed by atoms with Crippen molar-refractivity contribution in [3.63, 3.8) is 0 Å². The molecule has 2 aromatic heterocycles. The van der Waals surface area contributed by atoms with Crippen molar-refractivity contribution in [3.05, 3.63) is 95.3 Å². The van der Waals surface area contributed by atoms with Gasteiger partial charge in [-0.3, -0.25) is 38.4 Å². The van der Waals surface area contributed by atoms with Gasteiger partial charge in [-0.2, -0.15) is 0 Å². The van der Waals surface area contributed by atoms with Crippen molar-refractivity contribution in [2.75, 3.05) is 26.3 Å². The number of esters is 2. The second-order valence-corrected chi connectivity index (χ2v) is 27.1. The van der Waals surface area contributed by atoms with Gasteiger partial charge in [-0.25, -0.2) is 24.5 Å². The summed E-state index contributed by atoms with van der Waals surface area (Å²) in [4.78, 5) is 146. The Morgan fingerprint density at radius 1 is 0.685 bits per heavy atom. The third-order valence-electron chi connectivity index (χ3n) is 19.0. The molecule has 4 fully saturated rings. The summed E-state index contributed by atoms with van der Waals surface area (Å²) in [6.07, 6.45) is 16.7. The van der Waals surface area contributed by atoms with Gasteiger partial charge in [0.05, 0.1) is 77.7 Å². The van der Waals surface area contributed by atoms with Crippen LogP contribution in [0.3, 0.4) is 0 Å². The van der Waals surface area contributed by atoms with Crippen molar-refractivity contribution in [1.29, 1.82) is 0 Å². The Labute approximate surface area is 538 Å². The first-order valence-corrected chi connectivity index (χ1v) is 32.8. The normalized spacial score (nSPS) is 28.3. The van der Waals surface area contributed by atoms with E-state index in [0.29, 0.717) is 46.5 Å². The Morgan fingerprint density at radius 2 is 1.26 bits per heavy atom. The summed E-state index contributed by atoms with van der Waals surface area (Å²) in [7, 11) is 0. The maximum Gasteiger partial charge on any atom is 0.418 e. The van der Waals surface area contributed by atoms with E-state index >= 15 is 0 Å². The molecule has 7 aliphatic rings. The summed E-state index contributed by atoms with van der Waals surface area (Å²) < 4.78 is 23.0. The van der Waals surface area contributed by atoms with Crippen LogP contribution < -0.4 is 4.74 Å². The molecule has 0 radical (unpaired) electrons. The zero-order chi connectivity index (χ0) is 66.6. The number of ether oxygens (including phenoxy) is 4. The van der Waals surface area contributed by atoms with Crippen LogP contribution in [0.25, 0.3) is 21.8 Å². The van der Waals surface area contributed by atoms with Crippen molar-refractivity contribution in [2.24, 2.45) is 29.1 Å². The molecule has 11 rings (SSSR count). The van der Waals surface area contributed by atoms with Gasteiger partial charge in [-0.1, -0.05) is 100 Å². The smallest absolute Gasteiger partial charge is 0.418 e.